The number of hydrogen-bond donors (Lipinski definition) is 2. The van der Waals surface area contributed by atoms with Crippen LogP contribution in [0.15, 0.2) is 30.3 Å². The molecule has 0 unspecified atom stereocenters. The second-order valence-electron chi connectivity index (χ2n) is 7.58. The Morgan fingerprint density at radius 3 is 2.76 bits per heavy atom. The molecule has 1 saturated heterocycles. The number of aromatic nitrogens is 2. The number of nitrogens with zero attached hydrogens (tertiary/aromatic N) is 2. The fraction of sp³-hybridized carbons (Fsp3) is 0.550. The number of hydrogen-bond acceptors (Lipinski definition) is 3. The van der Waals surface area contributed by atoms with Gasteiger partial charge in [0.2, 0.25) is 0 Å². The molecule has 1 saturated carbocycles. The maximum Gasteiger partial charge on any atom is 0.0951 e. The van der Waals surface area contributed by atoms with Crippen LogP contribution in [-0.2, 0) is 12.1 Å². The number of fused-ring (bicyclic) bond motifs is 1. The van der Waals surface area contributed by atoms with Gasteiger partial charge in [0.25, 0.3) is 0 Å². The number of benzene rings is 1. The van der Waals surface area contributed by atoms with E-state index in [9.17, 15) is 5.11 Å². The maximum atomic E-state index is 11.6. The first-order chi connectivity index (χ1) is 12.1. The van der Waals surface area contributed by atoms with E-state index in [4.69, 9.17) is 11.6 Å². The van der Waals surface area contributed by atoms with E-state index in [1.165, 1.54) is 12.8 Å². The van der Waals surface area contributed by atoms with E-state index in [0.29, 0.717) is 6.04 Å². The summed E-state index contributed by atoms with van der Waals surface area (Å²) in [4.78, 5) is 2.49. The molecule has 1 aliphatic carbocycles. The third kappa shape index (κ3) is 3.01. The summed E-state index contributed by atoms with van der Waals surface area (Å²) in [7, 11) is 0. The summed E-state index contributed by atoms with van der Waals surface area (Å²) in [5, 5.41) is 19.7. The summed E-state index contributed by atoms with van der Waals surface area (Å²) >= 11 is 6.39. The van der Waals surface area contributed by atoms with Gasteiger partial charge in [-0.2, -0.15) is 5.10 Å². The van der Waals surface area contributed by atoms with E-state index in [-0.39, 0.29) is 5.92 Å². The first kappa shape index (κ1) is 17.1. The highest BCUT2D eigenvalue weighted by Gasteiger charge is 2.49. The minimum atomic E-state index is -0.714. The second kappa shape index (κ2) is 6.75. The topological polar surface area (TPSA) is 52.2 Å². The molecule has 25 heavy (non-hydrogen) atoms. The molecule has 134 valence electrons. The monoisotopic (exact) mass is 359 g/mol. The van der Waals surface area contributed by atoms with Crippen molar-refractivity contribution >= 4 is 11.6 Å². The average Bonchev–Trinajstić information content (AvgIpc) is 2.97. The van der Waals surface area contributed by atoms with E-state index >= 15 is 0 Å². The first-order valence-electron chi connectivity index (χ1n) is 9.31. The van der Waals surface area contributed by atoms with Crippen molar-refractivity contribution in [1.82, 2.24) is 15.1 Å². The summed E-state index contributed by atoms with van der Waals surface area (Å²) in [5.74, 6) is 0.274. The van der Waals surface area contributed by atoms with Gasteiger partial charge in [0, 0.05) is 25.0 Å². The number of aromatic amines is 1. The molecule has 4 nitrogen and oxygen atoms in total. The molecular formula is C20H26ClN3O. The van der Waals surface area contributed by atoms with Gasteiger partial charge >= 0.3 is 0 Å². The Balaban J connectivity index is 1.61. The van der Waals surface area contributed by atoms with Crippen LogP contribution in [0.4, 0.5) is 0 Å². The quantitative estimate of drug-likeness (QED) is 0.870. The number of piperidine rings is 1. The molecule has 1 aromatic heterocycles. The van der Waals surface area contributed by atoms with Crippen molar-refractivity contribution in [3.8, 4) is 0 Å². The van der Waals surface area contributed by atoms with Gasteiger partial charge in [0.1, 0.15) is 0 Å². The van der Waals surface area contributed by atoms with Crippen LogP contribution in [0.2, 0.25) is 5.02 Å². The Morgan fingerprint density at radius 1 is 1.28 bits per heavy atom. The normalized spacial score (nSPS) is 30.2. The molecule has 0 amide bonds. The van der Waals surface area contributed by atoms with Crippen molar-refractivity contribution in [3.63, 3.8) is 0 Å². The Hall–Kier alpha value is -1.36. The van der Waals surface area contributed by atoms with Crippen molar-refractivity contribution in [2.24, 2.45) is 5.92 Å². The molecule has 2 fully saturated rings. The van der Waals surface area contributed by atoms with Crippen LogP contribution in [-0.4, -0.2) is 32.8 Å². The van der Waals surface area contributed by atoms with Crippen molar-refractivity contribution < 1.29 is 5.11 Å². The zero-order chi connectivity index (χ0) is 17.4. The van der Waals surface area contributed by atoms with Crippen LogP contribution in [0.5, 0.6) is 0 Å². The van der Waals surface area contributed by atoms with Crippen LogP contribution >= 0.6 is 11.6 Å². The zero-order valence-electron chi connectivity index (χ0n) is 14.7. The molecule has 3 atom stereocenters. The number of H-pyrrole nitrogens is 1. The van der Waals surface area contributed by atoms with Gasteiger partial charge in [-0.25, -0.2) is 0 Å². The molecule has 1 aromatic carbocycles. The Bertz CT molecular complexity index is 732. The van der Waals surface area contributed by atoms with Crippen molar-refractivity contribution in [2.75, 3.05) is 6.54 Å². The molecule has 2 heterocycles. The molecule has 4 rings (SSSR count). The number of aryl methyl sites for hydroxylation is 1. The minimum Gasteiger partial charge on any atom is -0.385 e. The van der Waals surface area contributed by atoms with Gasteiger partial charge < -0.3 is 5.11 Å². The average molecular weight is 360 g/mol. The van der Waals surface area contributed by atoms with Gasteiger partial charge in [0.05, 0.1) is 22.0 Å². The molecule has 2 N–H and O–H groups in total. The highest BCUT2D eigenvalue weighted by molar-refractivity contribution is 6.31. The molecule has 5 heteroatoms. The van der Waals surface area contributed by atoms with Gasteiger partial charge in [-0.1, -0.05) is 54.8 Å². The van der Waals surface area contributed by atoms with Crippen LogP contribution in [0.1, 0.15) is 49.1 Å². The summed E-state index contributed by atoms with van der Waals surface area (Å²) in [6.07, 6.45) is 5.42. The predicted octanol–water partition coefficient (Wildman–Crippen LogP) is 4.02. The SMILES string of the molecule is Cc1[nH]nc(CN2CC[C@@](O)(c3ccccc3)[C@H]3CCCC[C@H]32)c1Cl. The van der Waals surface area contributed by atoms with E-state index < -0.39 is 5.60 Å². The lowest BCUT2D eigenvalue weighted by molar-refractivity contribution is -0.123. The van der Waals surface area contributed by atoms with E-state index in [0.717, 1.165) is 54.3 Å². The summed E-state index contributed by atoms with van der Waals surface area (Å²) in [6.45, 7) is 3.58. The predicted molar refractivity (Wildman–Crippen MR) is 99.4 cm³/mol. The fourth-order valence-electron chi connectivity index (χ4n) is 4.82. The minimum absolute atomic E-state index is 0.274. The van der Waals surface area contributed by atoms with Crippen molar-refractivity contribution in [1.29, 1.82) is 0 Å². The smallest absolute Gasteiger partial charge is 0.0951 e. The molecular weight excluding hydrogens is 334 g/mol. The first-order valence-corrected chi connectivity index (χ1v) is 9.68. The molecule has 2 aromatic rings. The van der Waals surface area contributed by atoms with Crippen molar-refractivity contribution in [2.45, 2.75) is 57.2 Å². The van der Waals surface area contributed by atoms with E-state index in [2.05, 4.69) is 27.2 Å². The Morgan fingerprint density at radius 2 is 2.04 bits per heavy atom. The highest BCUT2D eigenvalue weighted by Crippen LogP contribution is 2.47. The zero-order valence-corrected chi connectivity index (χ0v) is 15.5. The Labute approximate surface area is 154 Å². The van der Waals surface area contributed by atoms with Gasteiger partial charge in [-0.05, 0) is 31.7 Å². The molecule has 2 aliphatic rings. The molecule has 1 aliphatic heterocycles. The van der Waals surface area contributed by atoms with Gasteiger partial charge in [0.15, 0.2) is 0 Å². The number of aliphatic hydroxyl groups is 1. The maximum absolute atomic E-state index is 11.6. The number of halogens is 1. The number of likely N-dealkylation sites (tertiary alicyclic amines) is 1. The number of rotatable bonds is 3. The van der Waals surface area contributed by atoms with Crippen molar-refractivity contribution in [3.05, 3.63) is 52.3 Å². The molecule has 0 radical (unpaired) electrons. The Kier molecular flexibility index (Phi) is 4.61. The third-order valence-electron chi connectivity index (χ3n) is 6.16. The summed E-state index contributed by atoms with van der Waals surface area (Å²) < 4.78 is 0. The van der Waals surface area contributed by atoms with E-state index in [1.807, 2.05) is 25.1 Å². The van der Waals surface area contributed by atoms with Gasteiger partial charge in [-0.3, -0.25) is 10.00 Å². The third-order valence-corrected chi connectivity index (χ3v) is 6.66. The van der Waals surface area contributed by atoms with E-state index in [1.54, 1.807) is 0 Å². The lowest BCUT2D eigenvalue weighted by Gasteiger charge is -2.52. The number of nitrogens with one attached hydrogen (secondary N) is 1. The van der Waals surface area contributed by atoms with Crippen LogP contribution in [0, 0.1) is 12.8 Å². The van der Waals surface area contributed by atoms with Crippen LogP contribution in [0.3, 0.4) is 0 Å². The van der Waals surface area contributed by atoms with Crippen LogP contribution in [0.25, 0.3) is 0 Å². The largest absolute Gasteiger partial charge is 0.385 e. The van der Waals surface area contributed by atoms with Crippen LogP contribution < -0.4 is 0 Å². The lowest BCUT2D eigenvalue weighted by atomic mass is 9.66. The highest BCUT2D eigenvalue weighted by atomic mass is 35.5. The lowest BCUT2D eigenvalue weighted by Crippen LogP contribution is -2.57. The standard InChI is InChI=1S/C20H26ClN3O/c1-14-19(21)17(23-22-14)13-24-12-11-20(25,15-7-3-2-4-8-15)16-9-5-6-10-18(16)24/h2-4,7-8,16,18,25H,5-6,9-13H2,1H3,(H,22,23)/t16-,18+,20+/m0/s1. The molecule has 0 spiro atoms. The fourth-order valence-corrected chi connectivity index (χ4v) is 4.96. The van der Waals surface area contributed by atoms with Gasteiger partial charge in [-0.15, -0.1) is 0 Å². The molecule has 0 bridgehead atoms. The summed E-state index contributed by atoms with van der Waals surface area (Å²) in [5.41, 5.74) is 2.21. The summed E-state index contributed by atoms with van der Waals surface area (Å²) in [6, 6.07) is 10.6. The second-order valence-corrected chi connectivity index (χ2v) is 7.96.